The molecule has 15 heavy (non-hydrogen) atoms. The molecule has 1 N–H and O–H groups in total. The lowest BCUT2D eigenvalue weighted by Gasteiger charge is -2.14. The molecular weight excluding hydrogens is 277 g/mol. The van der Waals surface area contributed by atoms with E-state index in [0.717, 1.165) is 11.3 Å². The molecule has 0 radical (unpaired) electrons. The van der Waals surface area contributed by atoms with Crippen LogP contribution in [0.25, 0.3) is 0 Å². The average molecular weight is 291 g/mol. The second-order valence-corrected chi connectivity index (χ2v) is 6.44. The first-order chi connectivity index (χ1) is 6.80. The first-order valence-corrected chi connectivity index (χ1v) is 5.74. The van der Waals surface area contributed by atoms with Gasteiger partial charge in [0.15, 0.2) is 3.78 Å². The van der Waals surface area contributed by atoms with Crippen molar-refractivity contribution < 1.29 is 4.79 Å². The van der Waals surface area contributed by atoms with Gasteiger partial charge in [-0.2, -0.15) is 0 Å². The molecule has 1 amide bonds. The summed E-state index contributed by atoms with van der Waals surface area (Å²) < 4.78 is -1.06. The van der Waals surface area contributed by atoms with Crippen LogP contribution in [0.4, 0.5) is 5.69 Å². The zero-order valence-electron chi connectivity index (χ0n) is 8.90. The molecule has 0 saturated heterocycles. The molecular formula is C11H13BrClNO. The maximum absolute atomic E-state index is 11.5. The third-order valence-corrected chi connectivity index (χ3v) is 2.70. The lowest BCUT2D eigenvalue weighted by atomic mass is 10.1. The van der Waals surface area contributed by atoms with E-state index < -0.39 is 3.78 Å². The number of anilines is 1. The van der Waals surface area contributed by atoms with Crippen molar-refractivity contribution in [2.75, 3.05) is 5.32 Å². The largest absolute Gasteiger partial charge is 0.324 e. The van der Waals surface area contributed by atoms with Gasteiger partial charge in [-0.05, 0) is 44.0 Å². The summed E-state index contributed by atoms with van der Waals surface area (Å²) in [6.07, 6.45) is 0. The van der Waals surface area contributed by atoms with Crippen molar-refractivity contribution in [1.29, 1.82) is 0 Å². The lowest BCUT2D eigenvalue weighted by molar-refractivity contribution is -0.116. The summed E-state index contributed by atoms with van der Waals surface area (Å²) in [5, 5.41) is 2.73. The Morgan fingerprint density at radius 3 is 2.47 bits per heavy atom. The molecule has 4 heteroatoms. The van der Waals surface area contributed by atoms with Gasteiger partial charge in [-0.1, -0.05) is 33.6 Å². The molecule has 82 valence electrons. The quantitative estimate of drug-likeness (QED) is 0.829. The summed E-state index contributed by atoms with van der Waals surface area (Å²) >= 11 is 8.90. The topological polar surface area (TPSA) is 29.1 Å². The summed E-state index contributed by atoms with van der Waals surface area (Å²) in [7, 11) is 0. The highest BCUT2D eigenvalue weighted by Crippen LogP contribution is 2.25. The molecule has 1 atom stereocenters. The molecule has 1 rings (SSSR count). The number of aryl methyl sites for hydroxylation is 2. The highest BCUT2D eigenvalue weighted by molar-refractivity contribution is 9.10. The summed E-state index contributed by atoms with van der Waals surface area (Å²) in [5.41, 5.74) is 3.09. The number of hydrogen-bond acceptors (Lipinski definition) is 1. The van der Waals surface area contributed by atoms with Crippen LogP contribution in [0.2, 0.25) is 0 Å². The van der Waals surface area contributed by atoms with Crippen LogP contribution in [0, 0.1) is 13.8 Å². The third kappa shape index (κ3) is 3.50. The minimum Gasteiger partial charge on any atom is -0.324 e. The fraction of sp³-hybridized carbons (Fsp3) is 0.364. The molecule has 1 unspecified atom stereocenters. The maximum atomic E-state index is 11.5. The van der Waals surface area contributed by atoms with Gasteiger partial charge in [-0.3, -0.25) is 4.79 Å². The number of carbonyl (C=O) groups excluding carboxylic acids is 1. The van der Waals surface area contributed by atoms with Crippen LogP contribution >= 0.6 is 27.5 Å². The molecule has 0 aliphatic carbocycles. The fourth-order valence-corrected chi connectivity index (χ4v) is 1.21. The Kier molecular flexibility index (Phi) is 3.79. The predicted octanol–water partition coefficient (Wildman–Crippen LogP) is 3.59. The molecule has 0 fully saturated rings. The van der Waals surface area contributed by atoms with Crippen LogP contribution in [-0.2, 0) is 4.79 Å². The van der Waals surface area contributed by atoms with Crippen molar-refractivity contribution in [3.63, 3.8) is 0 Å². The number of rotatable bonds is 2. The van der Waals surface area contributed by atoms with Gasteiger partial charge in [0.05, 0.1) is 0 Å². The number of halogens is 2. The molecule has 1 aromatic rings. The van der Waals surface area contributed by atoms with Gasteiger partial charge in [0.2, 0.25) is 0 Å². The number of hydrogen-bond donors (Lipinski definition) is 1. The molecule has 0 bridgehead atoms. The molecule has 1 aromatic carbocycles. The van der Waals surface area contributed by atoms with Gasteiger partial charge in [0, 0.05) is 5.69 Å². The van der Waals surface area contributed by atoms with Gasteiger partial charge >= 0.3 is 0 Å². The van der Waals surface area contributed by atoms with Crippen LogP contribution in [0.5, 0.6) is 0 Å². The molecule has 2 nitrogen and oxygen atoms in total. The fourth-order valence-electron chi connectivity index (χ4n) is 1.06. The standard InChI is InChI=1S/C11H13BrClNO/c1-7-4-5-9(6-8(7)2)14-10(15)11(3,12)13/h4-6H,1-3H3,(H,14,15). The minimum atomic E-state index is -1.06. The smallest absolute Gasteiger partial charge is 0.256 e. The first-order valence-electron chi connectivity index (χ1n) is 4.57. The Labute approximate surface area is 103 Å². The van der Waals surface area contributed by atoms with E-state index in [9.17, 15) is 4.79 Å². The van der Waals surface area contributed by atoms with E-state index in [-0.39, 0.29) is 5.91 Å². The van der Waals surface area contributed by atoms with Crippen molar-refractivity contribution in [3.05, 3.63) is 29.3 Å². The van der Waals surface area contributed by atoms with Crippen molar-refractivity contribution >= 4 is 39.1 Å². The number of carbonyl (C=O) groups is 1. The molecule has 0 aliphatic heterocycles. The zero-order chi connectivity index (χ0) is 11.6. The summed E-state index contributed by atoms with van der Waals surface area (Å²) in [5.74, 6) is -0.271. The second-order valence-electron chi connectivity index (χ2n) is 3.64. The number of nitrogens with one attached hydrogen (secondary N) is 1. The molecule has 0 spiro atoms. The van der Waals surface area contributed by atoms with Crippen molar-refractivity contribution in [2.45, 2.75) is 24.6 Å². The Hall–Kier alpha value is -0.540. The second kappa shape index (κ2) is 4.54. The third-order valence-electron chi connectivity index (χ3n) is 2.16. The van der Waals surface area contributed by atoms with Crippen LogP contribution in [0.15, 0.2) is 18.2 Å². The Bertz CT molecular complexity index is 385. The first kappa shape index (κ1) is 12.5. The van der Waals surface area contributed by atoms with Crippen molar-refractivity contribution in [2.24, 2.45) is 0 Å². The monoisotopic (exact) mass is 289 g/mol. The number of amides is 1. The zero-order valence-corrected chi connectivity index (χ0v) is 11.2. The van der Waals surface area contributed by atoms with Gasteiger partial charge in [0.25, 0.3) is 5.91 Å². The summed E-state index contributed by atoms with van der Waals surface area (Å²) in [6.45, 7) is 5.61. The van der Waals surface area contributed by atoms with Crippen LogP contribution in [0.3, 0.4) is 0 Å². The number of alkyl halides is 2. The molecule has 0 heterocycles. The van der Waals surface area contributed by atoms with E-state index in [4.69, 9.17) is 11.6 Å². The van der Waals surface area contributed by atoms with Crippen molar-refractivity contribution in [1.82, 2.24) is 0 Å². The Balaban J connectivity index is 2.83. The molecule has 0 saturated carbocycles. The maximum Gasteiger partial charge on any atom is 0.256 e. The number of benzene rings is 1. The van der Waals surface area contributed by atoms with E-state index in [0.29, 0.717) is 0 Å². The van der Waals surface area contributed by atoms with Gasteiger partial charge in [0.1, 0.15) is 0 Å². The van der Waals surface area contributed by atoms with E-state index >= 15 is 0 Å². The van der Waals surface area contributed by atoms with Gasteiger partial charge in [-0.25, -0.2) is 0 Å². The van der Waals surface area contributed by atoms with Crippen molar-refractivity contribution in [3.8, 4) is 0 Å². The van der Waals surface area contributed by atoms with E-state index in [1.807, 2.05) is 32.0 Å². The predicted molar refractivity (Wildman–Crippen MR) is 67.7 cm³/mol. The Morgan fingerprint density at radius 2 is 2.00 bits per heavy atom. The van der Waals surface area contributed by atoms with Crippen LogP contribution in [-0.4, -0.2) is 9.69 Å². The Morgan fingerprint density at radius 1 is 1.40 bits per heavy atom. The van der Waals surface area contributed by atoms with Crippen LogP contribution in [0.1, 0.15) is 18.1 Å². The molecule has 0 aliphatic rings. The average Bonchev–Trinajstić information content (AvgIpc) is 2.10. The van der Waals surface area contributed by atoms with Gasteiger partial charge < -0.3 is 5.32 Å². The van der Waals surface area contributed by atoms with Gasteiger partial charge in [-0.15, -0.1) is 0 Å². The highest BCUT2D eigenvalue weighted by Gasteiger charge is 2.26. The van der Waals surface area contributed by atoms with E-state index in [2.05, 4.69) is 21.2 Å². The minimum absolute atomic E-state index is 0.271. The van der Waals surface area contributed by atoms with Crippen LogP contribution < -0.4 is 5.32 Å². The highest BCUT2D eigenvalue weighted by atomic mass is 79.9. The lowest BCUT2D eigenvalue weighted by Crippen LogP contribution is -2.28. The summed E-state index contributed by atoms with van der Waals surface area (Å²) in [4.78, 5) is 11.5. The summed E-state index contributed by atoms with van der Waals surface area (Å²) in [6, 6.07) is 5.74. The molecule has 0 aromatic heterocycles. The van der Waals surface area contributed by atoms with E-state index in [1.165, 1.54) is 5.56 Å². The normalized spacial score (nSPS) is 14.5. The SMILES string of the molecule is Cc1ccc(NC(=O)C(C)(Cl)Br)cc1C. The van der Waals surface area contributed by atoms with E-state index in [1.54, 1.807) is 6.92 Å².